The van der Waals surface area contributed by atoms with Crippen molar-refractivity contribution in [3.8, 4) is 0 Å². The van der Waals surface area contributed by atoms with Gasteiger partial charge in [0.05, 0.1) is 5.69 Å². The number of rotatable bonds is 2. The third-order valence-electron chi connectivity index (χ3n) is 3.34. The average Bonchev–Trinajstić information content (AvgIpc) is 2.84. The van der Waals surface area contributed by atoms with Gasteiger partial charge in [0.2, 0.25) is 0 Å². The van der Waals surface area contributed by atoms with Crippen LogP contribution in [0.15, 0.2) is 24.5 Å². The molecule has 1 atom stereocenters. The molecule has 17 heavy (non-hydrogen) atoms. The van der Waals surface area contributed by atoms with Gasteiger partial charge in [-0.15, -0.1) is 0 Å². The minimum Gasteiger partial charge on any atom is -0.326 e. The summed E-state index contributed by atoms with van der Waals surface area (Å²) in [5, 5.41) is 0. The second-order valence-electron chi connectivity index (χ2n) is 4.99. The molecule has 0 saturated carbocycles. The molecular weight excluding hydrogens is 212 g/mol. The van der Waals surface area contributed by atoms with Gasteiger partial charge in [-0.05, 0) is 25.0 Å². The highest BCUT2D eigenvalue weighted by Gasteiger charge is 2.19. The minimum absolute atomic E-state index is 0.342. The molecule has 1 saturated heterocycles. The minimum atomic E-state index is 0.342. The second kappa shape index (κ2) is 4.13. The number of hydrogen-bond acceptors (Lipinski definition) is 3. The molecular formula is C13H18N4. The van der Waals surface area contributed by atoms with Gasteiger partial charge in [0.1, 0.15) is 5.65 Å². The van der Waals surface area contributed by atoms with Gasteiger partial charge in [0.15, 0.2) is 0 Å². The lowest BCUT2D eigenvalue weighted by molar-refractivity contribution is 0.323. The fourth-order valence-electron chi connectivity index (χ4n) is 2.47. The van der Waals surface area contributed by atoms with E-state index in [9.17, 15) is 0 Å². The van der Waals surface area contributed by atoms with Gasteiger partial charge in [-0.3, -0.25) is 4.90 Å². The summed E-state index contributed by atoms with van der Waals surface area (Å²) in [6.45, 7) is 5.09. The zero-order valence-corrected chi connectivity index (χ0v) is 10.1. The van der Waals surface area contributed by atoms with Crippen LogP contribution < -0.4 is 5.73 Å². The van der Waals surface area contributed by atoms with Crippen molar-refractivity contribution in [1.29, 1.82) is 0 Å². The molecule has 0 bridgehead atoms. The predicted molar refractivity (Wildman–Crippen MR) is 67.8 cm³/mol. The zero-order chi connectivity index (χ0) is 11.8. The molecule has 0 aliphatic carbocycles. The highest BCUT2D eigenvalue weighted by Crippen LogP contribution is 2.13. The van der Waals surface area contributed by atoms with Crippen LogP contribution in [-0.4, -0.2) is 33.4 Å². The molecule has 1 fully saturated rings. The maximum absolute atomic E-state index is 5.91. The predicted octanol–water partition coefficient (Wildman–Crippen LogP) is 1.18. The topological polar surface area (TPSA) is 46.6 Å². The number of pyridine rings is 1. The number of imidazole rings is 1. The van der Waals surface area contributed by atoms with Crippen LogP contribution in [0.3, 0.4) is 0 Å². The summed E-state index contributed by atoms with van der Waals surface area (Å²) < 4.78 is 2.10. The van der Waals surface area contributed by atoms with Crippen LogP contribution in [0.25, 0.3) is 5.65 Å². The van der Waals surface area contributed by atoms with E-state index in [-0.39, 0.29) is 0 Å². The van der Waals surface area contributed by atoms with Crippen LogP contribution in [0.4, 0.5) is 0 Å². The van der Waals surface area contributed by atoms with E-state index >= 15 is 0 Å². The number of nitrogens with two attached hydrogens (primary N) is 1. The van der Waals surface area contributed by atoms with Crippen molar-refractivity contribution in [2.45, 2.75) is 25.9 Å². The van der Waals surface area contributed by atoms with E-state index in [1.54, 1.807) is 0 Å². The first-order valence-electron chi connectivity index (χ1n) is 6.13. The Morgan fingerprint density at radius 1 is 1.41 bits per heavy atom. The van der Waals surface area contributed by atoms with Crippen molar-refractivity contribution in [2.75, 3.05) is 13.1 Å². The summed E-state index contributed by atoms with van der Waals surface area (Å²) in [5.41, 5.74) is 9.31. The lowest BCUT2D eigenvalue weighted by Crippen LogP contribution is -2.26. The third kappa shape index (κ3) is 2.18. The molecule has 0 radical (unpaired) electrons. The van der Waals surface area contributed by atoms with Gasteiger partial charge < -0.3 is 10.1 Å². The summed E-state index contributed by atoms with van der Waals surface area (Å²) in [5.74, 6) is 0. The van der Waals surface area contributed by atoms with Crippen LogP contribution in [0.5, 0.6) is 0 Å². The van der Waals surface area contributed by atoms with Crippen LogP contribution in [0.1, 0.15) is 17.7 Å². The van der Waals surface area contributed by atoms with Crippen LogP contribution in [-0.2, 0) is 6.54 Å². The van der Waals surface area contributed by atoms with Gasteiger partial charge in [-0.1, -0.05) is 6.07 Å². The van der Waals surface area contributed by atoms with E-state index in [1.165, 1.54) is 5.56 Å². The van der Waals surface area contributed by atoms with E-state index in [0.717, 1.165) is 37.4 Å². The van der Waals surface area contributed by atoms with E-state index in [0.29, 0.717) is 6.04 Å². The standard InChI is InChI=1S/C13H18N4/c1-10-2-3-13-15-12(9-17(13)6-10)8-16-5-4-11(14)7-16/h2-3,6,9,11H,4-5,7-8,14H2,1H3/t11-/m0/s1. The SMILES string of the molecule is Cc1ccc2nc(CN3CC[C@H](N)C3)cn2c1. The monoisotopic (exact) mass is 230 g/mol. The lowest BCUT2D eigenvalue weighted by Gasteiger charge is -2.12. The highest BCUT2D eigenvalue weighted by atomic mass is 15.2. The smallest absolute Gasteiger partial charge is 0.137 e. The Labute approximate surface area is 101 Å². The van der Waals surface area contributed by atoms with E-state index in [2.05, 4.69) is 45.7 Å². The molecule has 90 valence electrons. The molecule has 0 unspecified atom stereocenters. The van der Waals surface area contributed by atoms with Crippen molar-refractivity contribution in [3.05, 3.63) is 35.8 Å². The molecule has 2 aromatic heterocycles. The quantitative estimate of drug-likeness (QED) is 0.842. The molecule has 2 aromatic rings. The van der Waals surface area contributed by atoms with Crippen LogP contribution >= 0.6 is 0 Å². The number of fused-ring (bicyclic) bond motifs is 1. The molecule has 1 aliphatic rings. The number of hydrogen-bond donors (Lipinski definition) is 1. The number of aromatic nitrogens is 2. The molecule has 1 aliphatic heterocycles. The van der Waals surface area contributed by atoms with Crippen molar-refractivity contribution < 1.29 is 0 Å². The molecule has 3 rings (SSSR count). The molecule has 4 nitrogen and oxygen atoms in total. The van der Waals surface area contributed by atoms with E-state index in [1.807, 2.05) is 0 Å². The number of likely N-dealkylation sites (tertiary alicyclic amines) is 1. The Morgan fingerprint density at radius 2 is 2.29 bits per heavy atom. The average molecular weight is 230 g/mol. The molecule has 0 aromatic carbocycles. The van der Waals surface area contributed by atoms with Gasteiger partial charge >= 0.3 is 0 Å². The maximum Gasteiger partial charge on any atom is 0.137 e. The van der Waals surface area contributed by atoms with Gasteiger partial charge in [0, 0.05) is 38.1 Å². The Hall–Kier alpha value is -1.39. The Kier molecular flexibility index (Phi) is 2.61. The van der Waals surface area contributed by atoms with Crippen molar-refractivity contribution in [2.24, 2.45) is 5.73 Å². The summed E-state index contributed by atoms with van der Waals surface area (Å²) in [4.78, 5) is 7.00. The van der Waals surface area contributed by atoms with Crippen molar-refractivity contribution >= 4 is 5.65 Å². The van der Waals surface area contributed by atoms with Gasteiger partial charge in [-0.2, -0.15) is 0 Å². The normalized spacial score (nSPS) is 21.4. The first-order chi connectivity index (χ1) is 8.20. The molecule has 0 spiro atoms. The third-order valence-corrected chi connectivity index (χ3v) is 3.34. The molecule has 0 amide bonds. The Morgan fingerprint density at radius 3 is 3.06 bits per heavy atom. The Bertz CT molecular complexity index is 531. The van der Waals surface area contributed by atoms with Crippen molar-refractivity contribution in [1.82, 2.24) is 14.3 Å². The first-order valence-corrected chi connectivity index (χ1v) is 6.13. The first kappa shape index (κ1) is 10.7. The fraction of sp³-hybridized carbons (Fsp3) is 0.462. The molecule has 2 N–H and O–H groups in total. The summed E-state index contributed by atoms with van der Waals surface area (Å²) in [6, 6.07) is 4.50. The van der Waals surface area contributed by atoms with Gasteiger partial charge in [0.25, 0.3) is 0 Å². The summed E-state index contributed by atoms with van der Waals surface area (Å²) >= 11 is 0. The van der Waals surface area contributed by atoms with Crippen LogP contribution in [0, 0.1) is 6.92 Å². The lowest BCUT2D eigenvalue weighted by atomic mass is 10.3. The zero-order valence-electron chi connectivity index (χ0n) is 10.1. The van der Waals surface area contributed by atoms with E-state index < -0.39 is 0 Å². The second-order valence-corrected chi connectivity index (χ2v) is 4.99. The van der Waals surface area contributed by atoms with Crippen molar-refractivity contribution in [3.63, 3.8) is 0 Å². The van der Waals surface area contributed by atoms with Gasteiger partial charge in [-0.25, -0.2) is 4.98 Å². The number of nitrogens with zero attached hydrogens (tertiary/aromatic N) is 3. The fourth-order valence-corrected chi connectivity index (χ4v) is 2.47. The number of aryl methyl sites for hydroxylation is 1. The molecule has 4 heteroatoms. The largest absolute Gasteiger partial charge is 0.326 e. The maximum atomic E-state index is 5.91. The highest BCUT2D eigenvalue weighted by molar-refractivity contribution is 5.41. The van der Waals surface area contributed by atoms with Crippen LogP contribution in [0.2, 0.25) is 0 Å². The van der Waals surface area contributed by atoms with E-state index in [4.69, 9.17) is 5.73 Å². The molecule has 3 heterocycles. The Balaban J connectivity index is 1.81. The summed E-state index contributed by atoms with van der Waals surface area (Å²) in [7, 11) is 0. The summed E-state index contributed by atoms with van der Waals surface area (Å²) in [6.07, 6.45) is 5.33.